The van der Waals surface area contributed by atoms with Gasteiger partial charge in [-0.1, -0.05) is 56.6 Å². The van der Waals surface area contributed by atoms with Crippen molar-refractivity contribution < 1.29 is 14.6 Å². The quantitative estimate of drug-likeness (QED) is 0.246. The number of carbonyl (C=O) groups is 1. The molecule has 0 aromatic carbocycles. The Bertz CT molecular complexity index is 886. The number of nitrogens with zero attached hydrogens (tertiary/aromatic N) is 1. The number of nitriles is 1. The van der Waals surface area contributed by atoms with Crippen molar-refractivity contribution in [3.05, 3.63) is 35.5 Å². The van der Waals surface area contributed by atoms with Gasteiger partial charge in [0.05, 0.1) is 11.7 Å². The summed E-state index contributed by atoms with van der Waals surface area (Å²) in [5.74, 6) is 1.93. The molecule has 0 aromatic rings. The lowest BCUT2D eigenvalue weighted by molar-refractivity contribution is -0.149. The maximum atomic E-state index is 12.1. The second-order valence-electron chi connectivity index (χ2n) is 12.7. The minimum absolute atomic E-state index is 0.0769. The Labute approximate surface area is 219 Å². The Hall–Kier alpha value is -1.86. The van der Waals surface area contributed by atoms with Crippen molar-refractivity contribution in [2.45, 2.75) is 129 Å². The van der Waals surface area contributed by atoms with Crippen LogP contribution in [0.4, 0.5) is 0 Å². The van der Waals surface area contributed by atoms with E-state index in [1.54, 1.807) is 5.57 Å². The summed E-state index contributed by atoms with van der Waals surface area (Å²) in [6.45, 7) is 13.1. The third-order valence-electron chi connectivity index (χ3n) is 9.31. The highest BCUT2D eigenvalue weighted by Gasteiger charge is 2.50. The number of ether oxygens (including phenoxy) is 1. The van der Waals surface area contributed by atoms with Crippen molar-refractivity contribution in [3.8, 4) is 6.07 Å². The van der Waals surface area contributed by atoms with Gasteiger partial charge in [-0.15, -0.1) is 0 Å². The molecule has 3 aliphatic rings. The lowest BCUT2D eigenvalue weighted by atomic mass is 9.60. The van der Waals surface area contributed by atoms with Gasteiger partial charge in [-0.25, -0.2) is 0 Å². The van der Waals surface area contributed by atoms with Crippen LogP contribution in [0.3, 0.4) is 0 Å². The molecule has 0 spiro atoms. The van der Waals surface area contributed by atoms with Crippen molar-refractivity contribution in [1.82, 2.24) is 0 Å². The van der Waals surface area contributed by atoms with Crippen LogP contribution in [-0.2, 0) is 9.53 Å². The van der Waals surface area contributed by atoms with E-state index in [2.05, 4.69) is 38.6 Å². The van der Waals surface area contributed by atoms with Gasteiger partial charge in [0.1, 0.15) is 6.10 Å². The smallest absolute Gasteiger partial charge is 0.306 e. The number of esters is 1. The summed E-state index contributed by atoms with van der Waals surface area (Å²) in [6.07, 6.45) is 17.9. The lowest BCUT2D eigenvalue weighted by Crippen LogP contribution is -2.36. The summed E-state index contributed by atoms with van der Waals surface area (Å²) in [5, 5.41) is 18.8. The highest BCUT2D eigenvalue weighted by molar-refractivity contribution is 5.69. The Morgan fingerprint density at radius 2 is 2.06 bits per heavy atom. The maximum Gasteiger partial charge on any atom is 0.306 e. The zero-order valence-electron chi connectivity index (χ0n) is 23.3. The predicted octanol–water partition coefficient (Wildman–Crippen LogP) is 7.98. The number of fused-ring (bicyclic) bond motifs is 1. The molecule has 4 heteroatoms. The normalized spacial score (nSPS) is 31.8. The van der Waals surface area contributed by atoms with Crippen LogP contribution in [0.5, 0.6) is 0 Å². The molecule has 0 radical (unpaired) electrons. The Morgan fingerprint density at radius 3 is 2.78 bits per heavy atom. The lowest BCUT2D eigenvalue weighted by Gasteiger charge is -2.44. The van der Waals surface area contributed by atoms with Crippen LogP contribution in [-0.4, -0.2) is 22.8 Å². The minimum Gasteiger partial charge on any atom is -0.462 e. The van der Waals surface area contributed by atoms with Crippen molar-refractivity contribution in [2.75, 3.05) is 0 Å². The highest BCUT2D eigenvalue weighted by Crippen LogP contribution is 2.60. The first-order chi connectivity index (χ1) is 17.0. The SMILES string of the molecule is C=C1CC[C@H](OC(=O)CCCC#N)C/C1=C/C=C1\CCC[C@@]2(C)C1CC[C@@H]2[C@H](C)CCCC(C)(C)O. The molecule has 5 atom stereocenters. The second kappa shape index (κ2) is 12.6. The van der Waals surface area contributed by atoms with E-state index in [4.69, 9.17) is 10.00 Å². The van der Waals surface area contributed by atoms with Crippen LogP contribution in [0.1, 0.15) is 118 Å². The maximum absolute atomic E-state index is 12.1. The summed E-state index contributed by atoms with van der Waals surface area (Å²) < 4.78 is 5.72. The van der Waals surface area contributed by atoms with Crippen LogP contribution >= 0.6 is 0 Å². The summed E-state index contributed by atoms with van der Waals surface area (Å²) in [7, 11) is 0. The van der Waals surface area contributed by atoms with Gasteiger partial charge in [-0.3, -0.25) is 4.79 Å². The summed E-state index contributed by atoms with van der Waals surface area (Å²) in [5.41, 5.74) is 3.82. The third-order valence-corrected chi connectivity index (χ3v) is 9.31. The molecule has 1 unspecified atom stereocenters. The molecule has 0 aromatic heterocycles. The van der Waals surface area contributed by atoms with Gasteiger partial charge < -0.3 is 9.84 Å². The van der Waals surface area contributed by atoms with Gasteiger partial charge in [0.15, 0.2) is 0 Å². The molecule has 1 N–H and O–H groups in total. The molecule has 0 bridgehead atoms. The first-order valence-corrected chi connectivity index (χ1v) is 14.4. The molecule has 0 amide bonds. The molecule has 0 saturated heterocycles. The summed E-state index contributed by atoms with van der Waals surface area (Å²) >= 11 is 0. The minimum atomic E-state index is -0.562. The van der Waals surface area contributed by atoms with Gasteiger partial charge in [0.25, 0.3) is 0 Å². The standard InChI is InChI=1S/C32H49NO3/c1-23-13-16-27(36-30(34)12-6-7-21-33)22-26(23)15-14-25-11-9-20-32(5)28(17-18-29(25)32)24(2)10-8-19-31(3,4)35/h14-15,24,27-29,35H,1,6-13,16-20,22H2,2-5H3/b25-14+,26-15-/t24-,27+,28-,29?,32-/m1/s1. The first-order valence-electron chi connectivity index (χ1n) is 14.4. The highest BCUT2D eigenvalue weighted by atomic mass is 16.5. The fourth-order valence-corrected chi connectivity index (χ4v) is 7.31. The van der Waals surface area contributed by atoms with Gasteiger partial charge in [0, 0.05) is 19.3 Å². The van der Waals surface area contributed by atoms with E-state index in [-0.39, 0.29) is 12.1 Å². The molecule has 3 aliphatic carbocycles. The number of hydrogen-bond acceptors (Lipinski definition) is 4. The Balaban J connectivity index is 1.63. The number of hydrogen-bond donors (Lipinski definition) is 1. The number of unbranched alkanes of at least 4 members (excludes halogenated alkanes) is 1. The largest absolute Gasteiger partial charge is 0.462 e. The number of allylic oxidation sites excluding steroid dienone is 4. The van der Waals surface area contributed by atoms with E-state index in [0.29, 0.717) is 36.5 Å². The molecule has 3 saturated carbocycles. The van der Waals surface area contributed by atoms with E-state index in [0.717, 1.165) is 38.0 Å². The average molecular weight is 496 g/mol. The second-order valence-corrected chi connectivity index (χ2v) is 12.7. The monoisotopic (exact) mass is 495 g/mol. The zero-order chi connectivity index (χ0) is 26.3. The van der Waals surface area contributed by atoms with Crippen molar-refractivity contribution in [2.24, 2.45) is 23.2 Å². The van der Waals surface area contributed by atoms with Crippen molar-refractivity contribution in [3.63, 3.8) is 0 Å². The molecule has 36 heavy (non-hydrogen) atoms. The van der Waals surface area contributed by atoms with Crippen molar-refractivity contribution >= 4 is 5.97 Å². The van der Waals surface area contributed by atoms with Gasteiger partial charge in [-0.05, 0) is 100 Å². The van der Waals surface area contributed by atoms with Gasteiger partial charge >= 0.3 is 5.97 Å². The van der Waals surface area contributed by atoms with E-state index in [1.807, 2.05) is 13.8 Å². The fourth-order valence-electron chi connectivity index (χ4n) is 7.31. The molecule has 200 valence electrons. The van der Waals surface area contributed by atoms with Gasteiger partial charge in [0.2, 0.25) is 0 Å². The van der Waals surface area contributed by atoms with Crippen LogP contribution in [0, 0.1) is 34.5 Å². The number of carbonyl (C=O) groups excluding carboxylic acids is 1. The molecule has 3 fully saturated rings. The summed E-state index contributed by atoms with van der Waals surface area (Å²) in [6, 6.07) is 2.08. The predicted molar refractivity (Wildman–Crippen MR) is 146 cm³/mol. The zero-order valence-corrected chi connectivity index (χ0v) is 23.3. The van der Waals surface area contributed by atoms with E-state index < -0.39 is 5.60 Å². The molecule has 3 rings (SSSR count). The average Bonchev–Trinajstić information content (AvgIpc) is 3.16. The molecular formula is C32H49NO3. The van der Waals surface area contributed by atoms with Gasteiger partial charge in [-0.2, -0.15) is 5.26 Å². The van der Waals surface area contributed by atoms with Crippen LogP contribution in [0.25, 0.3) is 0 Å². The fraction of sp³-hybridized carbons (Fsp3) is 0.750. The van der Waals surface area contributed by atoms with E-state index in [1.165, 1.54) is 49.7 Å². The first kappa shape index (κ1) is 28.7. The van der Waals surface area contributed by atoms with Crippen molar-refractivity contribution in [1.29, 1.82) is 5.26 Å². The topological polar surface area (TPSA) is 70.3 Å². The molecular weight excluding hydrogens is 446 g/mol. The number of aliphatic hydroxyl groups is 1. The Morgan fingerprint density at radius 1 is 1.28 bits per heavy atom. The van der Waals surface area contributed by atoms with Crippen LogP contribution in [0.15, 0.2) is 35.5 Å². The van der Waals surface area contributed by atoms with E-state index in [9.17, 15) is 9.90 Å². The molecule has 0 heterocycles. The van der Waals surface area contributed by atoms with E-state index >= 15 is 0 Å². The third kappa shape index (κ3) is 7.58. The van der Waals surface area contributed by atoms with Crippen LogP contribution < -0.4 is 0 Å². The Kier molecular flexibility index (Phi) is 10.0. The number of rotatable bonds is 10. The summed E-state index contributed by atoms with van der Waals surface area (Å²) in [4.78, 5) is 12.1. The molecule has 0 aliphatic heterocycles. The van der Waals surface area contributed by atoms with Crippen LogP contribution in [0.2, 0.25) is 0 Å². The molecule has 4 nitrogen and oxygen atoms in total.